The zero-order valence-electron chi connectivity index (χ0n) is 63.9. The standard InChI is InChI=1S/C25H30O4.C25H30O3.C22H28O2.C20H22O2/c1-16-14-20-21(24(4,5)11-10-23(20,2)3)15-19(16)25(28-12-13-29-25)18-8-6-17(7-9-18)22(26)27;1-24(2)12-13-25(3,4)21-14-16(8-10-20(21)24)18-6-5-7-22-19(18)15-17(28-22)9-11-23(26)27;1-15(9-7-8-10-20(23)24)18-13-16(21(2,3)4)14-19-17(18)11-12-22(19,5)6;1-15(7-5-8-16(2)14-20(21)22)13-18-11-6-10-17-9-3-4-12-19(17)18/h6-9,14-15H,10-13H2,1-5H3,(H,26,27);8-11,14-15,18H,5-7,12-13H2,1-4H3,(H,26,27);7-10,13-14H,1,11-12H2,2-6H3,(H,23,24);3-5,7-9,12-14H,6,10-11H2,1-2H3,(H,21,22)/b;11-9+;9-7+,10-8+;8-5+,15-7-,16-14+,18-13+. The Hall–Kier alpha value is -8.90. The molecule has 11 nitrogen and oxygen atoms in total. The van der Waals surface area contributed by atoms with Crippen molar-refractivity contribution in [3.63, 3.8) is 0 Å². The molecule has 103 heavy (non-hydrogen) atoms. The Balaban J connectivity index is 0.000000161. The molecular weight excluding hydrogens is 1280 g/mol. The lowest BCUT2D eigenvalue weighted by molar-refractivity contribution is -0.132. The summed E-state index contributed by atoms with van der Waals surface area (Å²) in [6, 6.07) is 33.8. The molecule has 11 heteroatoms. The minimum Gasteiger partial charge on any atom is -0.478 e. The number of carboxylic acid groups (broad SMARTS) is 4. The van der Waals surface area contributed by atoms with Crippen LogP contribution in [0.1, 0.15) is 273 Å². The van der Waals surface area contributed by atoms with Crippen molar-refractivity contribution in [1.82, 2.24) is 0 Å². The van der Waals surface area contributed by atoms with Crippen molar-refractivity contribution in [3.8, 4) is 0 Å². The van der Waals surface area contributed by atoms with Crippen LogP contribution < -0.4 is 0 Å². The van der Waals surface area contributed by atoms with Gasteiger partial charge in [0.15, 0.2) is 0 Å². The van der Waals surface area contributed by atoms with Gasteiger partial charge in [-0.05, 0) is 238 Å². The van der Waals surface area contributed by atoms with E-state index >= 15 is 0 Å². The second kappa shape index (κ2) is 31.6. The molecule has 544 valence electrons. The smallest absolute Gasteiger partial charge is 0.335 e. The largest absolute Gasteiger partial charge is 0.478 e. The van der Waals surface area contributed by atoms with Crippen LogP contribution in [-0.2, 0) is 81.4 Å². The van der Waals surface area contributed by atoms with Gasteiger partial charge in [0, 0.05) is 47.3 Å². The number of fused-ring (bicyclic) bond motifs is 5. The molecule has 0 radical (unpaired) electrons. The first-order valence-corrected chi connectivity index (χ1v) is 36.8. The van der Waals surface area contributed by atoms with Gasteiger partial charge in [-0.1, -0.05) is 217 Å². The van der Waals surface area contributed by atoms with Gasteiger partial charge in [-0.2, -0.15) is 0 Å². The van der Waals surface area contributed by atoms with E-state index in [-0.39, 0.29) is 38.1 Å². The Kier molecular flexibility index (Phi) is 24.0. The van der Waals surface area contributed by atoms with E-state index < -0.39 is 29.7 Å². The van der Waals surface area contributed by atoms with Gasteiger partial charge in [0.25, 0.3) is 0 Å². The topological polar surface area (TPSA) is 181 Å². The summed E-state index contributed by atoms with van der Waals surface area (Å²) in [6.45, 7) is 41.2. The lowest BCUT2D eigenvalue weighted by Gasteiger charge is -2.43. The van der Waals surface area contributed by atoms with Crippen molar-refractivity contribution in [2.75, 3.05) is 13.2 Å². The van der Waals surface area contributed by atoms with Crippen molar-refractivity contribution < 1.29 is 53.5 Å². The third-order valence-corrected chi connectivity index (χ3v) is 22.1. The first kappa shape index (κ1) is 78.2. The highest BCUT2D eigenvalue weighted by molar-refractivity contribution is 5.88. The van der Waals surface area contributed by atoms with Gasteiger partial charge in [-0.25, -0.2) is 19.2 Å². The average molecular weight is 1390 g/mol. The zero-order chi connectivity index (χ0) is 75.2. The molecular formula is C92H110O11. The van der Waals surface area contributed by atoms with Crippen LogP contribution in [-0.4, -0.2) is 57.5 Å². The van der Waals surface area contributed by atoms with Crippen LogP contribution >= 0.6 is 0 Å². The summed E-state index contributed by atoms with van der Waals surface area (Å²) >= 11 is 0. The number of hydrogen-bond donors (Lipinski definition) is 4. The monoisotopic (exact) mass is 1390 g/mol. The molecule has 1 saturated heterocycles. The molecule has 0 amide bonds. The Morgan fingerprint density at radius 1 is 0.563 bits per heavy atom. The van der Waals surface area contributed by atoms with Crippen LogP contribution in [0, 0.1) is 6.92 Å². The number of benzene rings is 5. The summed E-state index contributed by atoms with van der Waals surface area (Å²) in [5.74, 6) is -2.76. The summed E-state index contributed by atoms with van der Waals surface area (Å²) in [6.07, 6.45) is 31.7. The van der Waals surface area contributed by atoms with Gasteiger partial charge in [-0.3, -0.25) is 0 Å². The minimum absolute atomic E-state index is 0.0790. The van der Waals surface area contributed by atoms with E-state index in [9.17, 15) is 24.3 Å². The molecule has 5 aromatic carbocycles. The number of hydrogen-bond acceptors (Lipinski definition) is 7. The van der Waals surface area contributed by atoms with Gasteiger partial charge in [-0.15, -0.1) is 0 Å². The van der Waals surface area contributed by atoms with Crippen LogP contribution in [0.15, 0.2) is 180 Å². The van der Waals surface area contributed by atoms with Gasteiger partial charge >= 0.3 is 23.9 Å². The van der Waals surface area contributed by atoms with Crippen LogP contribution in [0.5, 0.6) is 0 Å². The first-order valence-electron chi connectivity index (χ1n) is 36.8. The predicted octanol–water partition coefficient (Wildman–Crippen LogP) is 21.8. The number of carbonyl (C=O) groups is 4. The van der Waals surface area contributed by atoms with Crippen LogP contribution in [0.3, 0.4) is 0 Å². The number of aromatic carboxylic acids is 1. The second-order valence-electron chi connectivity index (χ2n) is 33.3. The summed E-state index contributed by atoms with van der Waals surface area (Å²) in [7, 11) is 0. The molecule has 1 fully saturated rings. The van der Waals surface area contributed by atoms with Gasteiger partial charge in [0.1, 0.15) is 11.5 Å². The Labute approximate surface area is 612 Å². The maximum Gasteiger partial charge on any atom is 0.335 e. The Morgan fingerprint density at radius 2 is 1.17 bits per heavy atom. The van der Waals surface area contributed by atoms with E-state index in [4.69, 9.17) is 29.2 Å². The molecule has 1 aromatic heterocycles. The zero-order valence-corrected chi connectivity index (χ0v) is 63.9. The van der Waals surface area contributed by atoms with E-state index in [2.05, 4.69) is 183 Å². The predicted molar refractivity (Wildman–Crippen MR) is 418 cm³/mol. The van der Waals surface area contributed by atoms with Crippen molar-refractivity contribution >= 4 is 41.1 Å². The maximum atomic E-state index is 11.3. The second-order valence-corrected chi connectivity index (χ2v) is 33.3. The maximum absolute atomic E-state index is 11.3. The van der Waals surface area contributed by atoms with Crippen LogP contribution in [0.25, 0.3) is 17.2 Å². The average Bonchev–Trinajstić information content (AvgIpc) is 1.52. The number of aliphatic carboxylic acids is 3. The first-order chi connectivity index (χ1) is 48.3. The normalized spacial score (nSPS) is 19.9. The molecule has 12 rings (SSSR count). The number of furan rings is 1. The number of rotatable bonds is 14. The SMILES string of the molecule is C=C(/C=C/C=C/C(=O)O)c1cc(C(C)(C)C)cc2c1CCC2(C)C.CC(=C/C=C/C(C)=C/C(=O)O)/C=C1\CCCc2ccccc21.CC1(C)CCC(C)(C)c2cc(C3CCCc4oc(/C=C/C(=O)O)cc43)ccc21.Cc1cc2c(cc1C1(c3ccc(C(=O)O)cc3)OCCO1)C(C)(C)CCC2(C)C. The van der Waals surface area contributed by atoms with Gasteiger partial charge in [0.05, 0.1) is 18.8 Å². The Morgan fingerprint density at radius 3 is 1.79 bits per heavy atom. The fourth-order valence-electron chi connectivity index (χ4n) is 15.7. The molecule has 1 aliphatic heterocycles. The molecule has 1 atom stereocenters. The number of ether oxygens (including phenoxy) is 2. The summed E-state index contributed by atoms with van der Waals surface area (Å²) in [4.78, 5) is 43.2. The Bertz CT molecular complexity index is 4410. The highest BCUT2D eigenvalue weighted by atomic mass is 16.7. The van der Waals surface area contributed by atoms with E-state index in [1.54, 1.807) is 31.2 Å². The molecule has 0 spiro atoms. The molecule has 4 N–H and O–H groups in total. The molecule has 5 aliphatic carbocycles. The summed E-state index contributed by atoms with van der Waals surface area (Å²) in [5.41, 5.74) is 24.9. The van der Waals surface area contributed by atoms with Crippen molar-refractivity contribution in [3.05, 3.63) is 276 Å². The van der Waals surface area contributed by atoms with E-state index in [0.29, 0.717) is 24.9 Å². The molecule has 0 saturated carbocycles. The van der Waals surface area contributed by atoms with Crippen LogP contribution in [0.2, 0.25) is 0 Å². The summed E-state index contributed by atoms with van der Waals surface area (Å²) in [5, 5.41) is 35.5. The van der Waals surface area contributed by atoms with E-state index in [1.807, 2.05) is 42.5 Å². The lowest BCUT2D eigenvalue weighted by atomic mass is 9.62. The van der Waals surface area contributed by atoms with E-state index in [0.717, 1.165) is 97.1 Å². The number of aryl methyl sites for hydroxylation is 3. The third-order valence-electron chi connectivity index (χ3n) is 22.1. The summed E-state index contributed by atoms with van der Waals surface area (Å²) < 4.78 is 18.4. The molecule has 6 aliphatic rings. The fraction of sp³-hybridized carbons (Fsp3) is 0.413. The minimum atomic E-state index is -0.992. The molecule has 2 heterocycles. The van der Waals surface area contributed by atoms with E-state index in [1.165, 1.54) is 116 Å². The number of carboxylic acids is 4. The number of allylic oxidation sites excluding steroid dienone is 11. The lowest BCUT2D eigenvalue weighted by Crippen LogP contribution is -2.36. The quantitative estimate of drug-likeness (QED) is 0.0602. The van der Waals surface area contributed by atoms with Crippen LogP contribution in [0.4, 0.5) is 0 Å². The molecule has 0 bridgehead atoms. The van der Waals surface area contributed by atoms with Crippen molar-refractivity contribution in [2.24, 2.45) is 0 Å². The highest BCUT2D eigenvalue weighted by Gasteiger charge is 2.46. The third kappa shape index (κ3) is 18.5. The van der Waals surface area contributed by atoms with Crippen molar-refractivity contribution in [1.29, 1.82) is 0 Å². The van der Waals surface area contributed by atoms with Crippen molar-refractivity contribution in [2.45, 2.75) is 232 Å². The molecule has 6 aromatic rings. The fourth-order valence-corrected chi connectivity index (χ4v) is 15.7. The van der Waals surface area contributed by atoms with Gasteiger partial charge < -0.3 is 34.3 Å². The highest BCUT2D eigenvalue weighted by Crippen LogP contribution is 2.52. The van der Waals surface area contributed by atoms with Gasteiger partial charge in [0.2, 0.25) is 5.79 Å². The molecule has 1 unspecified atom stereocenters.